The molecule has 4 heteroatoms. The highest BCUT2D eigenvalue weighted by Gasteiger charge is 2.28. The number of hydrogen-bond acceptors (Lipinski definition) is 4. The molecule has 98 valence electrons. The highest BCUT2D eigenvalue weighted by Crippen LogP contribution is 2.27. The zero-order valence-electron chi connectivity index (χ0n) is 11.0. The van der Waals surface area contributed by atoms with E-state index in [0.29, 0.717) is 26.4 Å². The minimum Gasteiger partial charge on any atom is -0.394 e. The van der Waals surface area contributed by atoms with Gasteiger partial charge in [-0.25, -0.2) is 0 Å². The molecule has 0 aliphatic rings. The molecule has 0 rings (SSSR count). The van der Waals surface area contributed by atoms with Gasteiger partial charge in [0, 0.05) is 7.11 Å². The second-order valence-corrected chi connectivity index (χ2v) is 4.49. The number of hydrogen-bond donors (Lipinski definition) is 1. The van der Waals surface area contributed by atoms with Gasteiger partial charge in [-0.2, -0.15) is 0 Å². The lowest BCUT2D eigenvalue weighted by molar-refractivity contribution is -0.0891. The third kappa shape index (κ3) is 6.43. The molecule has 0 fully saturated rings. The van der Waals surface area contributed by atoms with Gasteiger partial charge in [0.25, 0.3) is 0 Å². The van der Waals surface area contributed by atoms with Gasteiger partial charge in [0.05, 0.1) is 39.1 Å². The smallest absolute Gasteiger partial charge is 0.0860 e. The molecule has 1 unspecified atom stereocenters. The Hall–Kier alpha value is -0.160. The molecule has 0 saturated heterocycles. The minimum atomic E-state index is 0.0409. The predicted octanol–water partition coefficient (Wildman–Crippen LogP) is 1.46. The van der Waals surface area contributed by atoms with Crippen molar-refractivity contribution in [3.05, 3.63) is 0 Å². The van der Waals surface area contributed by atoms with Crippen LogP contribution in [0.1, 0.15) is 27.2 Å². The Morgan fingerprint density at radius 2 is 1.88 bits per heavy atom. The summed E-state index contributed by atoms with van der Waals surface area (Å²) in [6.45, 7) is 8.56. The number of aliphatic hydroxyl groups is 1. The molecule has 16 heavy (non-hydrogen) atoms. The second kappa shape index (κ2) is 8.93. The third-order valence-corrected chi connectivity index (χ3v) is 2.89. The monoisotopic (exact) mass is 234 g/mol. The van der Waals surface area contributed by atoms with Crippen molar-refractivity contribution < 1.29 is 19.3 Å². The number of methoxy groups -OCH3 is 1. The number of rotatable bonds is 10. The highest BCUT2D eigenvalue weighted by molar-refractivity contribution is 4.77. The predicted molar refractivity (Wildman–Crippen MR) is 63.6 cm³/mol. The summed E-state index contributed by atoms with van der Waals surface area (Å²) in [6.07, 6.45) is 1.06. The van der Waals surface area contributed by atoms with E-state index in [2.05, 4.69) is 20.8 Å². The second-order valence-electron chi connectivity index (χ2n) is 4.49. The van der Waals surface area contributed by atoms with E-state index < -0.39 is 0 Å². The van der Waals surface area contributed by atoms with E-state index in [1.807, 2.05) is 0 Å². The van der Waals surface area contributed by atoms with Crippen LogP contribution in [0.15, 0.2) is 0 Å². The normalized spacial score (nSPS) is 14.1. The first-order chi connectivity index (χ1) is 7.58. The van der Waals surface area contributed by atoms with Gasteiger partial charge in [0.2, 0.25) is 0 Å². The Bertz CT molecular complexity index is 149. The van der Waals surface area contributed by atoms with E-state index in [-0.39, 0.29) is 18.1 Å². The van der Waals surface area contributed by atoms with Crippen LogP contribution in [0.2, 0.25) is 0 Å². The summed E-state index contributed by atoms with van der Waals surface area (Å²) in [5, 5.41) is 8.67. The first-order valence-electron chi connectivity index (χ1n) is 5.87. The summed E-state index contributed by atoms with van der Waals surface area (Å²) in [6, 6.07) is 0. The zero-order chi connectivity index (χ0) is 12.4. The average molecular weight is 234 g/mol. The maximum absolute atomic E-state index is 8.67. The lowest BCUT2D eigenvalue weighted by Crippen LogP contribution is -2.36. The number of ether oxygens (including phenoxy) is 3. The Balaban J connectivity index is 4.05. The number of aliphatic hydroxyl groups excluding tert-OH is 1. The molecule has 0 aromatic heterocycles. The first kappa shape index (κ1) is 15.8. The molecular weight excluding hydrogens is 208 g/mol. The van der Waals surface area contributed by atoms with E-state index in [9.17, 15) is 0 Å². The van der Waals surface area contributed by atoms with Crippen molar-refractivity contribution in [2.24, 2.45) is 5.41 Å². The van der Waals surface area contributed by atoms with E-state index >= 15 is 0 Å². The average Bonchev–Trinajstić information content (AvgIpc) is 2.27. The van der Waals surface area contributed by atoms with Crippen molar-refractivity contribution in [3.8, 4) is 0 Å². The van der Waals surface area contributed by atoms with Crippen molar-refractivity contribution in [1.29, 1.82) is 0 Å². The van der Waals surface area contributed by atoms with Crippen LogP contribution in [-0.4, -0.2) is 51.4 Å². The van der Waals surface area contributed by atoms with Crippen molar-refractivity contribution in [2.75, 3.05) is 40.1 Å². The maximum Gasteiger partial charge on any atom is 0.0860 e. The molecule has 1 N–H and O–H groups in total. The van der Waals surface area contributed by atoms with Crippen LogP contribution in [0.3, 0.4) is 0 Å². The van der Waals surface area contributed by atoms with Crippen LogP contribution in [-0.2, 0) is 14.2 Å². The summed E-state index contributed by atoms with van der Waals surface area (Å²) in [5.74, 6) is 0. The molecule has 1 atom stereocenters. The molecule has 0 radical (unpaired) electrons. The molecule has 0 aliphatic carbocycles. The highest BCUT2D eigenvalue weighted by atomic mass is 16.6. The molecule has 0 aromatic rings. The van der Waals surface area contributed by atoms with Crippen molar-refractivity contribution in [2.45, 2.75) is 33.3 Å². The Morgan fingerprint density at radius 1 is 1.19 bits per heavy atom. The van der Waals surface area contributed by atoms with E-state index in [1.165, 1.54) is 0 Å². The van der Waals surface area contributed by atoms with Gasteiger partial charge in [-0.15, -0.1) is 0 Å². The molecule has 0 bridgehead atoms. The standard InChI is InChI=1S/C12H26O4/c1-5-12(2,3)11(10-15-7-6-13)16-9-8-14-4/h11,13H,5-10H2,1-4H3. The van der Waals surface area contributed by atoms with Crippen molar-refractivity contribution >= 4 is 0 Å². The van der Waals surface area contributed by atoms with Gasteiger partial charge in [0.15, 0.2) is 0 Å². The summed E-state index contributed by atoms with van der Waals surface area (Å²) < 4.78 is 16.1. The molecule has 0 heterocycles. The largest absolute Gasteiger partial charge is 0.394 e. The fourth-order valence-corrected chi connectivity index (χ4v) is 1.26. The van der Waals surface area contributed by atoms with Crippen LogP contribution < -0.4 is 0 Å². The Morgan fingerprint density at radius 3 is 2.38 bits per heavy atom. The summed E-state index contributed by atoms with van der Waals surface area (Å²) in [5.41, 5.74) is 0.0726. The molecule has 0 aromatic carbocycles. The van der Waals surface area contributed by atoms with Gasteiger partial charge in [-0.1, -0.05) is 20.8 Å². The summed E-state index contributed by atoms with van der Waals surface area (Å²) >= 11 is 0. The maximum atomic E-state index is 8.67. The van der Waals surface area contributed by atoms with Gasteiger partial charge in [-0.05, 0) is 11.8 Å². The van der Waals surface area contributed by atoms with Gasteiger partial charge < -0.3 is 19.3 Å². The van der Waals surface area contributed by atoms with Crippen LogP contribution in [0.5, 0.6) is 0 Å². The third-order valence-electron chi connectivity index (χ3n) is 2.89. The molecule has 0 saturated carbocycles. The van der Waals surface area contributed by atoms with Crippen LogP contribution in [0.25, 0.3) is 0 Å². The fourth-order valence-electron chi connectivity index (χ4n) is 1.26. The first-order valence-corrected chi connectivity index (χ1v) is 5.87. The van der Waals surface area contributed by atoms with Gasteiger partial charge in [0.1, 0.15) is 0 Å². The SMILES string of the molecule is CCC(C)(C)C(COCCO)OCCOC. The zero-order valence-corrected chi connectivity index (χ0v) is 11.0. The quantitative estimate of drug-likeness (QED) is 0.581. The van der Waals surface area contributed by atoms with Gasteiger partial charge in [-0.3, -0.25) is 0 Å². The Kier molecular flexibility index (Phi) is 8.84. The van der Waals surface area contributed by atoms with E-state index in [1.54, 1.807) is 7.11 Å². The topological polar surface area (TPSA) is 47.9 Å². The van der Waals surface area contributed by atoms with E-state index in [0.717, 1.165) is 6.42 Å². The fraction of sp³-hybridized carbons (Fsp3) is 1.00. The molecule has 0 aliphatic heterocycles. The van der Waals surface area contributed by atoms with Crippen LogP contribution in [0.4, 0.5) is 0 Å². The minimum absolute atomic E-state index is 0.0409. The van der Waals surface area contributed by atoms with Gasteiger partial charge >= 0.3 is 0 Å². The van der Waals surface area contributed by atoms with E-state index in [4.69, 9.17) is 19.3 Å². The molecule has 0 amide bonds. The lowest BCUT2D eigenvalue weighted by Gasteiger charge is -2.33. The summed E-state index contributed by atoms with van der Waals surface area (Å²) in [4.78, 5) is 0. The summed E-state index contributed by atoms with van der Waals surface area (Å²) in [7, 11) is 1.66. The van der Waals surface area contributed by atoms with Crippen LogP contribution in [0, 0.1) is 5.41 Å². The molecule has 0 spiro atoms. The Labute approximate surface area is 98.9 Å². The molecule has 4 nitrogen and oxygen atoms in total. The lowest BCUT2D eigenvalue weighted by atomic mass is 9.84. The van der Waals surface area contributed by atoms with Crippen molar-refractivity contribution in [3.63, 3.8) is 0 Å². The van der Waals surface area contributed by atoms with Crippen LogP contribution >= 0.6 is 0 Å². The molecular formula is C12H26O4. The van der Waals surface area contributed by atoms with Crippen molar-refractivity contribution in [1.82, 2.24) is 0 Å².